The van der Waals surface area contributed by atoms with Crippen LogP contribution in [0, 0.1) is 5.92 Å². The highest BCUT2D eigenvalue weighted by Gasteiger charge is 2.12. The largest absolute Gasteiger partial charge is 0.462 e. The van der Waals surface area contributed by atoms with Crippen LogP contribution in [-0.4, -0.2) is 56.2 Å². The van der Waals surface area contributed by atoms with E-state index in [-0.39, 0.29) is 5.97 Å². The van der Waals surface area contributed by atoms with Crippen molar-refractivity contribution >= 4 is 11.8 Å². The molecule has 1 aromatic rings. The molecule has 1 rings (SSSR count). The topological polar surface area (TPSA) is 45.7 Å². The number of likely N-dealkylation sites (N-methyl/N-ethyl adjacent to an activating group) is 1. The Morgan fingerprint density at radius 3 is 2.48 bits per heavy atom. The summed E-state index contributed by atoms with van der Waals surface area (Å²) in [5.74, 6) is 1.14. The normalized spacial score (nSPS) is 11.0. The molecular formula is C16H27N3O2. The lowest BCUT2D eigenvalue weighted by molar-refractivity contribution is 0.0526. The summed E-state index contributed by atoms with van der Waals surface area (Å²) in [6.07, 6.45) is 1.59. The number of pyridine rings is 1. The molecule has 5 nitrogen and oxygen atoms in total. The Kier molecular flexibility index (Phi) is 7.15. The van der Waals surface area contributed by atoms with Crippen LogP contribution in [-0.2, 0) is 4.74 Å². The summed E-state index contributed by atoms with van der Waals surface area (Å²) in [6, 6.07) is 3.67. The van der Waals surface area contributed by atoms with E-state index in [1.807, 2.05) is 6.07 Å². The van der Waals surface area contributed by atoms with Crippen molar-refractivity contribution in [2.45, 2.75) is 20.8 Å². The van der Waals surface area contributed by atoms with E-state index in [9.17, 15) is 4.79 Å². The van der Waals surface area contributed by atoms with Gasteiger partial charge in [0, 0.05) is 25.8 Å². The first-order chi connectivity index (χ1) is 9.93. The zero-order valence-electron chi connectivity index (χ0n) is 13.8. The molecule has 0 radical (unpaired) electrons. The molecule has 0 aliphatic rings. The van der Waals surface area contributed by atoms with E-state index in [1.54, 1.807) is 19.2 Å². The second-order valence-electron chi connectivity index (χ2n) is 5.77. The highest BCUT2D eigenvalue weighted by Crippen LogP contribution is 2.14. The standard InChI is InChI=1S/C16H27N3O2/c1-6-21-16(20)14-7-8-15(17-11-14)19(12-13(2)3)10-9-18(4)5/h7-8,11,13H,6,9-10,12H2,1-5H3. The molecule has 0 amide bonds. The number of nitrogens with zero attached hydrogens (tertiary/aromatic N) is 3. The lowest BCUT2D eigenvalue weighted by Crippen LogP contribution is -2.35. The number of carbonyl (C=O) groups excluding carboxylic acids is 1. The van der Waals surface area contributed by atoms with Gasteiger partial charge in [-0.25, -0.2) is 9.78 Å². The van der Waals surface area contributed by atoms with Crippen LogP contribution in [0.2, 0.25) is 0 Å². The third-order valence-electron chi connectivity index (χ3n) is 2.99. The molecule has 0 saturated carbocycles. The molecule has 1 aromatic heterocycles. The third kappa shape index (κ3) is 6.12. The Hall–Kier alpha value is -1.62. The summed E-state index contributed by atoms with van der Waals surface area (Å²) in [4.78, 5) is 20.5. The van der Waals surface area contributed by atoms with Crippen LogP contribution in [0.5, 0.6) is 0 Å². The molecule has 0 N–H and O–H groups in total. The predicted octanol–water partition coefficient (Wildman–Crippen LogP) is 2.28. The number of hydrogen-bond donors (Lipinski definition) is 0. The van der Waals surface area contributed by atoms with Crippen molar-refractivity contribution in [1.29, 1.82) is 0 Å². The maximum atomic E-state index is 11.6. The molecule has 118 valence electrons. The maximum absolute atomic E-state index is 11.6. The van der Waals surface area contributed by atoms with E-state index in [1.165, 1.54) is 0 Å². The fourth-order valence-corrected chi connectivity index (χ4v) is 1.97. The van der Waals surface area contributed by atoms with Gasteiger partial charge in [0.25, 0.3) is 0 Å². The van der Waals surface area contributed by atoms with Gasteiger partial charge in [0.05, 0.1) is 12.2 Å². The van der Waals surface area contributed by atoms with Crippen molar-refractivity contribution in [3.8, 4) is 0 Å². The van der Waals surface area contributed by atoms with Crippen LogP contribution in [0.1, 0.15) is 31.1 Å². The van der Waals surface area contributed by atoms with Crippen LogP contribution >= 0.6 is 0 Å². The van der Waals surface area contributed by atoms with E-state index in [2.05, 4.69) is 42.7 Å². The fourth-order valence-electron chi connectivity index (χ4n) is 1.97. The molecule has 0 fully saturated rings. The second-order valence-corrected chi connectivity index (χ2v) is 5.77. The molecule has 0 atom stereocenters. The molecule has 1 heterocycles. The number of carbonyl (C=O) groups is 1. The van der Waals surface area contributed by atoms with Gasteiger partial charge in [-0.3, -0.25) is 0 Å². The summed E-state index contributed by atoms with van der Waals surface area (Å²) in [7, 11) is 4.12. The quantitative estimate of drug-likeness (QED) is 0.688. The van der Waals surface area contributed by atoms with Gasteiger partial charge in [-0.05, 0) is 39.1 Å². The van der Waals surface area contributed by atoms with E-state index in [0.29, 0.717) is 18.1 Å². The summed E-state index contributed by atoms with van der Waals surface area (Å²) in [5.41, 5.74) is 0.498. The van der Waals surface area contributed by atoms with Gasteiger partial charge in [0.15, 0.2) is 0 Å². The monoisotopic (exact) mass is 293 g/mol. The number of rotatable bonds is 8. The maximum Gasteiger partial charge on any atom is 0.339 e. The van der Waals surface area contributed by atoms with Crippen LogP contribution in [0.25, 0.3) is 0 Å². The lowest BCUT2D eigenvalue weighted by Gasteiger charge is -2.27. The van der Waals surface area contributed by atoms with Crippen LogP contribution in [0.3, 0.4) is 0 Å². The molecule has 5 heteroatoms. The highest BCUT2D eigenvalue weighted by atomic mass is 16.5. The molecule has 0 aromatic carbocycles. The Morgan fingerprint density at radius 1 is 1.29 bits per heavy atom. The number of esters is 1. The SMILES string of the molecule is CCOC(=O)c1ccc(N(CCN(C)C)CC(C)C)nc1. The minimum absolute atomic E-state index is 0.319. The van der Waals surface area contributed by atoms with E-state index in [4.69, 9.17) is 4.74 Å². The number of anilines is 1. The number of hydrogen-bond acceptors (Lipinski definition) is 5. The fraction of sp³-hybridized carbons (Fsp3) is 0.625. The van der Waals surface area contributed by atoms with Crippen LogP contribution < -0.4 is 4.90 Å². The first-order valence-electron chi connectivity index (χ1n) is 7.46. The number of aromatic nitrogens is 1. The van der Waals surface area contributed by atoms with E-state index in [0.717, 1.165) is 25.5 Å². The van der Waals surface area contributed by atoms with Crippen molar-refractivity contribution in [3.05, 3.63) is 23.9 Å². The van der Waals surface area contributed by atoms with Gasteiger partial charge in [-0.1, -0.05) is 13.8 Å². The molecule has 0 spiro atoms. The average Bonchev–Trinajstić information content (AvgIpc) is 2.43. The lowest BCUT2D eigenvalue weighted by atomic mass is 10.2. The first kappa shape index (κ1) is 17.4. The van der Waals surface area contributed by atoms with Crippen molar-refractivity contribution in [3.63, 3.8) is 0 Å². The molecule has 0 unspecified atom stereocenters. The van der Waals surface area contributed by atoms with E-state index < -0.39 is 0 Å². The van der Waals surface area contributed by atoms with E-state index >= 15 is 0 Å². The third-order valence-corrected chi connectivity index (χ3v) is 2.99. The molecule has 0 bridgehead atoms. The predicted molar refractivity (Wildman–Crippen MR) is 85.8 cm³/mol. The highest BCUT2D eigenvalue weighted by molar-refractivity contribution is 5.89. The number of ether oxygens (including phenoxy) is 1. The zero-order chi connectivity index (χ0) is 15.8. The summed E-state index contributed by atoms with van der Waals surface area (Å²) in [6.45, 7) is 9.38. The van der Waals surface area contributed by atoms with Gasteiger partial charge in [0.1, 0.15) is 5.82 Å². The molecule has 0 saturated heterocycles. The van der Waals surface area contributed by atoms with Crippen molar-refractivity contribution in [2.75, 3.05) is 45.2 Å². The van der Waals surface area contributed by atoms with Gasteiger partial charge < -0.3 is 14.5 Å². The molecule has 21 heavy (non-hydrogen) atoms. The minimum Gasteiger partial charge on any atom is -0.462 e. The summed E-state index contributed by atoms with van der Waals surface area (Å²) in [5, 5.41) is 0. The average molecular weight is 293 g/mol. The van der Waals surface area contributed by atoms with Crippen LogP contribution in [0.15, 0.2) is 18.3 Å². The second kappa shape index (κ2) is 8.62. The summed E-state index contributed by atoms with van der Waals surface area (Å²) < 4.78 is 4.97. The Labute approximate surface area is 127 Å². The van der Waals surface area contributed by atoms with Crippen molar-refractivity contribution < 1.29 is 9.53 Å². The van der Waals surface area contributed by atoms with Gasteiger partial charge in [-0.2, -0.15) is 0 Å². The molecule has 0 aliphatic carbocycles. The smallest absolute Gasteiger partial charge is 0.339 e. The Bertz CT molecular complexity index is 430. The minimum atomic E-state index is -0.319. The van der Waals surface area contributed by atoms with Crippen LogP contribution in [0.4, 0.5) is 5.82 Å². The summed E-state index contributed by atoms with van der Waals surface area (Å²) >= 11 is 0. The molecule has 0 aliphatic heterocycles. The van der Waals surface area contributed by atoms with Crippen molar-refractivity contribution in [1.82, 2.24) is 9.88 Å². The Balaban J connectivity index is 2.79. The van der Waals surface area contributed by atoms with Gasteiger partial charge >= 0.3 is 5.97 Å². The van der Waals surface area contributed by atoms with Gasteiger partial charge in [-0.15, -0.1) is 0 Å². The first-order valence-corrected chi connectivity index (χ1v) is 7.46. The van der Waals surface area contributed by atoms with Gasteiger partial charge in [0.2, 0.25) is 0 Å². The molecular weight excluding hydrogens is 266 g/mol. The Morgan fingerprint density at radius 2 is 2.00 bits per heavy atom. The zero-order valence-corrected chi connectivity index (χ0v) is 13.8. The van der Waals surface area contributed by atoms with Crippen molar-refractivity contribution in [2.24, 2.45) is 5.92 Å².